The van der Waals surface area contributed by atoms with Crippen molar-refractivity contribution < 1.29 is 9.72 Å². The number of para-hydroxylation sites is 1. The van der Waals surface area contributed by atoms with Gasteiger partial charge in [0.25, 0.3) is 5.91 Å². The summed E-state index contributed by atoms with van der Waals surface area (Å²) in [5.41, 5.74) is 1.24. The normalized spacial score (nSPS) is 31.7. The lowest BCUT2D eigenvalue weighted by Crippen LogP contribution is -2.50. The molecule has 1 spiro atoms. The van der Waals surface area contributed by atoms with Crippen LogP contribution < -0.4 is 5.32 Å². The maximum absolute atomic E-state index is 13.4. The van der Waals surface area contributed by atoms with Crippen LogP contribution in [-0.2, 0) is 10.3 Å². The number of rotatable bonds is 2. The molecule has 3 aliphatic heterocycles. The van der Waals surface area contributed by atoms with Crippen LogP contribution in [0, 0.1) is 10.1 Å². The number of carbonyl (C=O) groups excluding carboxylic acids is 1. The van der Waals surface area contributed by atoms with Crippen LogP contribution in [0.5, 0.6) is 0 Å². The Morgan fingerprint density at radius 3 is 2.81 bits per heavy atom. The van der Waals surface area contributed by atoms with E-state index in [4.69, 9.17) is 11.6 Å². The van der Waals surface area contributed by atoms with Crippen LogP contribution in [0.2, 0.25) is 5.02 Å². The molecule has 6 nitrogen and oxygen atoms in total. The van der Waals surface area contributed by atoms with Crippen LogP contribution in [0.4, 0.5) is 5.69 Å². The molecule has 138 valence electrons. The highest BCUT2D eigenvalue weighted by Crippen LogP contribution is 2.59. The molecule has 0 aromatic heterocycles. The van der Waals surface area contributed by atoms with Crippen molar-refractivity contribution in [3.8, 4) is 0 Å². The minimum atomic E-state index is -1.07. The average molecular weight is 384 g/mol. The standard InChI is InChI=1S/C20H18ClN3O3/c21-13-6-3-5-12(11-13)17-18(24(26)27)16-9-4-10-23(16)20(17)14-7-1-2-8-15(14)22-19(20)25/h1-3,5-8,11,16-18H,4,9-10H2,(H,22,25)/t16?,17-,18+,20+/m0/s1. The van der Waals surface area contributed by atoms with Gasteiger partial charge in [-0.25, -0.2) is 0 Å². The predicted molar refractivity (Wildman–Crippen MR) is 101 cm³/mol. The first-order valence-corrected chi connectivity index (χ1v) is 9.49. The van der Waals surface area contributed by atoms with Gasteiger partial charge >= 0.3 is 0 Å². The number of nitrogens with one attached hydrogen (secondary N) is 1. The third kappa shape index (κ3) is 2.08. The van der Waals surface area contributed by atoms with Gasteiger partial charge in [-0.1, -0.05) is 41.9 Å². The van der Waals surface area contributed by atoms with Crippen molar-refractivity contribution in [1.82, 2.24) is 4.90 Å². The van der Waals surface area contributed by atoms with E-state index in [9.17, 15) is 14.9 Å². The largest absolute Gasteiger partial charge is 0.324 e. The van der Waals surface area contributed by atoms with E-state index >= 15 is 0 Å². The van der Waals surface area contributed by atoms with Gasteiger partial charge in [0.05, 0.1) is 12.0 Å². The molecule has 3 heterocycles. The van der Waals surface area contributed by atoms with E-state index in [1.54, 1.807) is 18.2 Å². The second-order valence-electron chi connectivity index (χ2n) is 7.48. The van der Waals surface area contributed by atoms with E-state index in [2.05, 4.69) is 10.2 Å². The van der Waals surface area contributed by atoms with Crippen molar-refractivity contribution >= 4 is 23.2 Å². The first-order chi connectivity index (χ1) is 13.0. The number of amides is 1. The van der Waals surface area contributed by atoms with Crippen molar-refractivity contribution in [1.29, 1.82) is 0 Å². The van der Waals surface area contributed by atoms with Crippen LogP contribution in [0.3, 0.4) is 0 Å². The fourth-order valence-electron chi connectivity index (χ4n) is 5.49. The number of hydrogen-bond acceptors (Lipinski definition) is 4. The van der Waals surface area contributed by atoms with E-state index < -0.39 is 17.5 Å². The molecule has 0 bridgehead atoms. The van der Waals surface area contributed by atoms with Gasteiger partial charge in [-0.05, 0) is 36.6 Å². The third-order valence-electron chi connectivity index (χ3n) is 6.32. The molecule has 2 fully saturated rings. The second-order valence-corrected chi connectivity index (χ2v) is 7.91. The Hall–Kier alpha value is -2.44. The van der Waals surface area contributed by atoms with Crippen molar-refractivity contribution in [3.63, 3.8) is 0 Å². The fraction of sp³-hybridized carbons (Fsp3) is 0.350. The lowest BCUT2D eigenvalue weighted by atomic mass is 9.73. The maximum Gasteiger partial charge on any atom is 0.250 e. The van der Waals surface area contributed by atoms with E-state index in [0.29, 0.717) is 11.6 Å². The molecule has 7 heteroatoms. The lowest BCUT2D eigenvalue weighted by molar-refractivity contribution is -0.527. The molecule has 2 aromatic carbocycles. The van der Waals surface area contributed by atoms with Gasteiger partial charge < -0.3 is 5.32 Å². The summed E-state index contributed by atoms with van der Waals surface area (Å²) >= 11 is 6.22. The van der Waals surface area contributed by atoms with E-state index in [1.165, 1.54) is 0 Å². The minimum absolute atomic E-state index is 0.176. The minimum Gasteiger partial charge on any atom is -0.324 e. The van der Waals surface area contributed by atoms with Crippen molar-refractivity contribution in [2.75, 3.05) is 11.9 Å². The van der Waals surface area contributed by atoms with Crippen LogP contribution in [0.25, 0.3) is 0 Å². The summed E-state index contributed by atoms with van der Waals surface area (Å²) in [6.07, 6.45) is 1.58. The summed E-state index contributed by atoms with van der Waals surface area (Å²) in [5, 5.41) is 15.7. The van der Waals surface area contributed by atoms with Crippen LogP contribution in [0.15, 0.2) is 48.5 Å². The van der Waals surface area contributed by atoms with Crippen molar-refractivity contribution in [3.05, 3.63) is 74.8 Å². The molecule has 3 aliphatic rings. The highest BCUT2D eigenvalue weighted by atomic mass is 35.5. The third-order valence-corrected chi connectivity index (χ3v) is 6.56. The van der Waals surface area contributed by atoms with Gasteiger partial charge in [-0.2, -0.15) is 0 Å². The summed E-state index contributed by atoms with van der Waals surface area (Å²) in [7, 11) is 0. The average Bonchev–Trinajstić information content (AvgIpc) is 3.28. The van der Waals surface area contributed by atoms with Gasteiger partial charge in [0.15, 0.2) is 0 Å². The van der Waals surface area contributed by atoms with Crippen LogP contribution in [-0.4, -0.2) is 34.4 Å². The van der Waals surface area contributed by atoms with E-state index in [-0.39, 0.29) is 16.9 Å². The molecular weight excluding hydrogens is 366 g/mol. The first-order valence-electron chi connectivity index (χ1n) is 9.12. The number of nitrogens with zero attached hydrogens (tertiary/aromatic N) is 2. The number of nitro groups is 1. The number of anilines is 1. The molecule has 1 amide bonds. The van der Waals surface area contributed by atoms with Crippen molar-refractivity contribution in [2.45, 2.75) is 36.4 Å². The van der Waals surface area contributed by atoms with Crippen molar-refractivity contribution in [2.24, 2.45) is 0 Å². The summed E-state index contributed by atoms with van der Waals surface area (Å²) in [5.74, 6) is -0.773. The predicted octanol–water partition coefficient (Wildman–Crippen LogP) is 3.39. The zero-order valence-electron chi connectivity index (χ0n) is 14.5. The zero-order chi connectivity index (χ0) is 18.8. The van der Waals surface area contributed by atoms with E-state index in [1.807, 2.05) is 30.3 Å². The Bertz CT molecular complexity index is 965. The van der Waals surface area contributed by atoms with Crippen LogP contribution >= 0.6 is 11.6 Å². The molecule has 1 unspecified atom stereocenters. The fourth-order valence-corrected chi connectivity index (χ4v) is 5.69. The van der Waals surface area contributed by atoms with Gasteiger partial charge in [-0.15, -0.1) is 0 Å². The number of benzene rings is 2. The molecule has 2 aromatic rings. The Labute approximate surface area is 161 Å². The summed E-state index contributed by atoms with van der Waals surface area (Å²) in [4.78, 5) is 27.5. The van der Waals surface area contributed by atoms with Gasteiger partial charge in [0.2, 0.25) is 6.04 Å². The van der Waals surface area contributed by atoms with E-state index in [0.717, 1.165) is 29.7 Å². The maximum atomic E-state index is 13.4. The molecule has 27 heavy (non-hydrogen) atoms. The Morgan fingerprint density at radius 2 is 2.04 bits per heavy atom. The molecule has 0 aliphatic carbocycles. The molecule has 0 radical (unpaired) electrons. The topological polar surface area (TPSA) is 75.5 Å². The second kappa shape index (κ2) is 5.78. The van der Waals surface area contributed by atoms with Gasteiger partial charge in [0, 0.05) is 27.7 Å². The molecule has 5 rings (SSSR count). The number of fused-ring (bicyclic) bond motifs is 4. The molecule has 2 saturated heterocycles. The number of hydrogen-bond donors (Lipinski definition) is 1. The molecule has 1 N–H and O–H groups in total. The quantitative estimate of drug-likeness (QED) is 0.637. The Morgan fingerprint density at radius 1 is 1.22 bits per heavy atom. The Balaban J connectivity index is 1.82. The summed E-state index contributed by atoms with van der Waals surface area (Å²) < 4.78 is 0. The van der Waals surface area contributed by atoms with Gasteiger partial charge in [-0.3, -0.25) is 19.8 Å². The zero-order valence-corrected chi connectivity index (χ0v) is 15.2. The molecule has 4 atom stereocenters. The highest BCUT2D eigenvalue weighted by molar-refractivity contribution is 6.30. The summed E-state index contributed by atoms with van der Waals surface area (Å²) in [6.45, 7) is 0.674. The number of halogens is 1. The number of carbonyl (C=O) groups is 1. The highest BCUT2D eigenvalue weighted by Gasteiger charge is 2.71. The van der Waals surface area contributed by atoms with Gasteiger partial charge in [0.1, 0.15) is 5.54 Å². The summed E-state index contributed by atoms with van der Waals surface area (Å²) in [6, 6.07) is 13.6. The molecule has 0 saturated carbocycles. The Kier molecular flexibility index (Phi) is 3.58. The smallest absolute Gasteiger partial charge is 0.250 e. The lowest BCUT2D eigenvalue weighted by Gasteiger charge is -2.36. The SMILES string of the molecule is O=C1Nc2ccccc2[C@@]12[C@@H](c1cccc(Cl)c1)[C@H]([N+](=O)[O-])C1CCCN12. The molecular formula is C20H18ClN3O3. The first kappa shape index (κ1) is 16.7. The monoisotopic (exact) mass is 383 g/mol. The van der Waals surface area contributed by atoms with Crippen LogP contribution in [0.1, 0.15) is 29.9 Å².